The van der Waals surface area contributed by atoms with E-state index in [-0.39, 0.29) is 11.5 Å². The first-order valence-corrected chi connectivity index (χ1v) is 8.32. The second kappa shape index (κ2) is 9.67. The Bertz CT molecular complexity index is 645. The van der Waals surface area contributed by atoms with E-state index in [2.05, 4.69) is 15.5 Å². The second-order valence-electron chi connectivity index (χ2n) is 5.97. The Labute approximate surface area is 148 Å². The number of nitrogens with zero attached hydrogens (tertiary/aromatic N) is 3. The summed E-state index contributed by atoms with van der Waals surface area (Å²) in [5.41, 5.74) is 1.91. The van der Waals surface area contributed by atoms with Gasteiger partial charge in [-0.2, -0.15) is 5.26 Å². The van der Waals surface area contributed by atoms with Crippen LogP contribution >= 0.6 is 0 Å². The van der Waals surface area contributed by atoms with E-state index in [1.165, 1.54) is 6.20 Å². The number of carbonyl (C=O) groups is 1. The Balaban J connectivity index is 1.85. The van der Waals surface area contributed by atoms with Crippen molar-refractivity contribution in [2.45, 2.75) is 0 Å². The van der Waals surface area contributed by atoms with Gasteiger partial charge in [-0.25, -0.2) is 0 Å². The SMILES string of the molecule is CN(C)c1cccc(N/C=C(/C#N)C(=O)NCCN2CCOCC2)c1. The van der Waals surface area contributed by atoms with Crippen LogP contribution in [0.1, 0.15) is 0 Å². The maximum absolute atomic E-state index is 12.1. The van der Waals surface area contributed by atoms with Crippen LogP contribution in [0.25, 0.3) is 0 Å². The molecule has 1 fully saturated rings. The first-order chi connectivity index (χ1) is 12.1. The van der Waals surface area contributed by atoms with Gasteiger partial charge in [-0.05, 0) is 18.2 Å². The first kappa shape index (κ1) is 18.8. The fraction of sp³-hybridized carbons (Fsp3) is 0.444. The van der Waals surface area contributed by atoms with Crippen LogP contribution in [0.5, 0.6) is 0 Å². The highest BCUT2D eigenvalue weighted by Gasteiger charge is 2.12. The van der Waals surface area contributed by atoms with Crippen molar-refractivity contribution in [1.29, 1.82) is 5.26 Å². The maximum Gasteiger partial charge on any atom is 0.263 e. The van der Waals surface area contributed by atoms with Gasteiger partial charge in [0.05, 0.1) is 13.2 Å². The molecule has 25 heavy (non-hydrogen) atoms. The Morgan fingerprint density at radius 3 is 2.84 bits per heavy atom. The number of nitriles is 1. The van der Waals surface area contributed by atoms with E-state index in [0.717, 1.165) is 44.2 Å². The molecule has 7 nitrogen and oxygen atoms in total. The molecule has 0 bridgehead atoms. The van der Waals surface area contributed by atoms with Gasteiger partial charge in [0.1, 0.15) is 11.6 Å². The molecule has 1 aliphatic heterocycles. The zero-order chi connectivity index (χ0) is 18.1. The van der Waals surface area contributed by atoms with Crippen LogP contribution in [0.4, 0.5) is 11.4 Å². The summed E-state index contributed by atoms with van der Waals surface area (Å²) in [5, 5.41) is 15.0. The number of morpholine rings is 1. The topological polar surface area (TPSA) is 80.6 Å². The number of benzene rings is 1. The van der Waals surface area contributed by atoms with Gasteiger partial charge in [-0.15, -0.1) is 0 Å². The van der Waals surface area contributed by atoms with E-state index < -0.39 is 0 Å². The standard InChI is InChI=1S/C18H25N5O2/c1-22(2)17-5-3-4-16(12-17)21-14-15(13-19)18(24)20-6-7-23-8-10-25-11-9-23/h3-5,12,14,21H,6-11H2,1-2H3,(H,20,24)/b15-14-. The molecular formula is C18H25N5O2. The van der Waals surface area contributed by atoms with Crippen LogP contribution < -0.4 is 15.5 Å². The summed E-state index contributed by atoms with van der Waals surface area (Å²) in [7, 11) is 3.91. The summed E-state index contributed by atoms with van der Waals surface area (Å²) < 4.78 is 5.29. The monoisotopic (exact) mass is 343 g/mol. The van der Waals surface area contributed by atoms with Crippen LogP contribution in [0.3, 0.4) is 0 Å². The van der Waals surface area contributed by atoms with Crippen molar-refractivity contribution in [2.75, 3.05) is 63.7 Å². The lowest BCUT2D eigenvalue weighted by atomic mass is 10.2. The average molecular weight is 343 g/mol. The highest BCUT2D eigenvalue weighted by Crippen LogP contribution is 2.17. The number of carbonyl (C=O) groups excluding carboxylic acids is 1. The highest BCUT2D eigenvalue weighted by molar-refractivity contribution is 5.97. The highest BCUT2D eigenvalue weighted by atomic mass is 16.5. The van der Waals surface area contributed by atoms with Gasteiger partial charge in [0.2, 0.25) is 0 Å². The summed E-state index contributed by atoms with van der Waals surface area (Å²) in [6.07, 6.45) is 1.44. The summed E-state index contributed by atoms with van der Waals surface area (Å²) >= 11 is 0. The molecule has 0 spiro atoms. The molecule has 0 aromatic heterocycles. The van der Waals surface area contributed by atoms with Crippen LogP contribution in [0.15, 0.2) is 36.0 Å². The van der Waals surface area contributed by atoms with Gasteiger partial charge in [-0.3, -0.25) is 9.69 Å². The van der Waals surface area contributed by atoms with Gasteiger partial charge in [-0.1, -0.05) is 6.07 Å². The molecule has 0 radical (unpaired) electrons. The number of ether oxygens (including phenoxy) is 1. The lowest BCUT2D eigenvalue weighted by Crippen LogP contribution is -2.41. The lowest BCUT2D eigenvalue weighted by Gasteiger charge is -2.26. The molecular weight excluding hydrogens is 318 g/mol. The van der Waals surface area contributed by atoms with E-state index >= 15 is 0 Å². The minimum atomic E-state index is -0.368. The Hall–Kier alpha value is -2.56. The number of amides is 1. The molecule has 1 saturated heterocycles. The van der Waals surface area contributed by atoms with Gasteiger partial charge in [0.15, 0.2) is 0 Å². The fourth-order valence-corrected chi connectivity index (χ4v) is 2.43. The number of anilines is 2. The van der Waals surface area contributed by atoms with Crippen molar-refractivity contribution >= 4 is 17.3 Å². The first-order valence-electron chi connectivity index (χ1n) is 8.32. The molecule has 1 aromatic carbocycles. The summed E-state index contributed by atoms with van der Waals surface area (Å²) in [6.45, 7) is 4.47. The molecule has 1 aliphatic rings. The van der Waals surface area contributed by atoms with Crippen LogP contribution in [-0.4, -0.2) is 64.3 Å². The molecule has 2 N–H and O–H groups in total. The van der Waals surface area contributed by atoms with E-state index in [1.807, 2.05) is 49.3 Å². The Kier molecular flexibility index (Phi) is 7.26. The van der Waals surface area contributed by atoms with E-state index in [1.54, 1.807) is 0 Å². The van der Waals surface area contributed by atoms with Gasteiger partial charge < -0.3 is 20.3 Å². The lowest BCUT2D eigenvalue weighted by molar-refractivity contribution is -0.117. The van der Waals surface area contributed by atoms with E-state index in [9.17, 15) is 10.1 Å². The molecule has 1 amide bonds. The van der Waals surface area contributed by atoms with Crippen molar-refractivity contribution < 1.29 is 9.53 Å². The molecule has 1 heterocycles. The molecule has 7 heteroatoms. The maximum atomic E-state index is 12.1. The molecule has 0 aliphatic carbocycles. The number of rotatable bonds is 7. The van der Waals surface area contributed by atoms with Gasteiger partial charge in [0, 0.05) is 57.8 Å². The molecule has 0 atom stereocenters. The van der Waals surface area contributed by atoms with Crippen LogP contribution in [0.2, 0.25) is 0 Å². The smallest absolute Gasteiger partial charge is 0.263 e. The van der Waals surface area contributed by atoms with Crippen molar-refractivity contribution in [2.24, 2.45) is 0 Å². The Morgan fingerprint density at radius 1 is 1.40 bits per heavy atom. The van der Waals surface area contributed by atoms with Crippen molar-refractivity contribution in [3.05, 3.63) is 36.0 Å². The van der Waals surface area contributed by atoms with Crippen molar-refractivity contribution in [3.63, 3.8) is 0 Å². The van der Waals surface area contributed by atoms with Crippen molar-refractivity contribution in [1.82, 2.24) is 10.2 Å². The predicted molar refractivity (Wildman–Crippen MR) is 98.4 cm³/mol. The molecule has 2 rings (SSSR count). The normalized spacial score (nSPS) is 15.3. The second-order valence-corrected chi connectivity index (χ2v) is 5.97. The third-order valence-corrected chi connectivity index (χ3v) is 3.93. The van der Waals surface area contributed by atoms with Gasteiger partial charge >= 0.3 is 0 Å². The molecule has 1 aromatic rings. The molecule has 0 unspecified atom stereocenters. The van der Waals surface area contributed by atoms with E-state index in [0.29, 0.717) is 6.54 Å². The third kappa shape index (κ3) is 6.10. The van der Waals surface area contributed by atoms with Crippen LogP contribution in [0, 0.1) is 11.3 Å². The van der Waals surface area contributed by atoms with Crippen LogP contribution in [-0.2, 0) is 9.53 Å². The zero-order valence-electron chi connectivity index (χ0n) is 14.8. The fourth-order valence-electron chi connectivity index (χ4n) is 2.43. The number of hydrogen-bond acceptors (Lipinski definition) is 6. The average Bonchev–Trinajstić information content (AvgIpc) is 2.63. The largest absolute Gasteiger partial charge is 0.379 e. The summed E-state index contributed by atoms with van der Waals surface area (Å²) in [5.74, 6) is -0.368. The van der Waals surface area contributed by atoms with Gasteiger partial charge in [0.25, 0.3) is 5.91 Å². The minimum absolute atomic E-state index is 0.0530. The molecule has 0 saturated carbocycles. The zero-order valence-corrected chi connectivity index (χ0v) is 14.8. The number of hydrogen-bond donors (Lipinski definition) is 2. The third-order valence-electron chi connectivity index (χ3n) is 3.93. The predicted octanol–water partition coefficient (Wildman–Crippen LogP) is 1.02. The summed E-state index contributed by atoms with van der Waals surface area (Å²) in [6, 6.07) is 9.67. The summed E-state index contributed by atoms with van der Waals surface area (Å²) in [4.78, 5) is 16.3. The van der Waals surface area contributed by atoms with Crippen molar-refractivity contribution in [3.8, 4) is 6.07 Å². The Morgan fingerprint density at radius 2 is 2.16 bits per heavy atom. The minimum Gasteiger partial charge on any atom is -0.379 e. The van der Waals surface area contributed by atoms with E-state index in [4.69, 9.17) is 4.74 Å². The molecule has 134 valence electrons. The quantitative estimate of drug-likeness (QED) is 0.568. The number of nitrogens with one attached hydrogen (secondary N) is 2.